The van der Waals surface area contributed by atoms with Gasteiger partial charge in [-0.1, -0.05) is 217 Å². The smallest absolute Gasteiger partial charge is 0.395 e. The number of para-hydroxylation sites is 2. The molecule has 0 aromatic heterocycles. The molecule has 1 unspecified atom stereocenters. The van der Waals surface area contributed by atoms with E-state index in [-0.39, 0.29) is 0 Å². The molecule has 0 bridgehead atoms. The Morgan fingerprint density at radius 1 is 0.429 bits per heavy atom. The molecule has 0 fully saturated rings. The number of benzene rings is 2. The van der Waals surface area contributed by atoms with Crippen LogP contribution in [-0.2, 0) is 9.09 Å². The zero-order valence-corrected chi connectivity index (χ0v) is 32.8. The maximum atomic E-state index is 14.0. The van der Waals surface area contributed by atoms with Gasteiger partial charge in [0.15, 0.2) is 0 Å². The molecule has 0 aliphatic carbocycles. The Bertz CT molecular complexity index is 969. The van der Waals surface area contributed by atoms with Gasteiger partial charge in [-0.3, -0.25) is 4.52 Å². The molecule has 49 heavy (non-hydrogen) atoms. The van der Waals surface area contributed by atoms with Gasteiger partial charge in [0.1, 0.15) is 11.5 Å². The number of hydrogen-bond donors (Lipinski definition) is 0. The van der Waals surface area contributed by atoms with E-state index in [2.05, 4.69) is 13.8 Å². The molecule has 2 rings (SSSR count). The standard InChI is InChI=1S/C44H75O4P/c1-3-5-7-9-11-13-15-17-18-20-22-24-26-30-36-42(35-29-25-23-21-19-16-14-12-10-8-6-4-2)41-46-49(45,47-43-37-31-27-32-38-43)48-44-39-33-28-34-40-44/h27-28,31-34,37-40,42H,3-26,29-30,35-36,41H2,1-2H3. The van der Waals surface area contributed by atoms with Gasteiger partial charge < -0.3 is 9.05 Å². The van der Waals surface area contributed by atoms with Gasteiger partial charge in [0, 0.05) is 0 Å². The second-order valence-corrected chi connectivity index (χ2v) is 16.0. The Balaban J connectivity index is 1.75. The lowest BCUT2D eigenvalue weighted by atomic mass is 9.94. The van der Waals surface area contributed by atoms with E-state index in [1.807, 2.05) is 36.4 Å². The van der Waals surface area contributed by atoms with Crippen molar-refractivity contribution in [2.45, 2.75) is 194 Å². The number of phosphoric acid groups is 1. The fourth-order valence-corrected chi connectivity index (χ4v) is 8.00. The van der Waals surface area contributed by atoms with Crippen molar-refractivity contribution < 1.29 is 18.1 Å². The third-order valence-electron chi connectivity index (χ3n) is 9.82. The lowest BCUT2D eigenvalue weighted by molar-refractivity contribution is 0.166. The van der Waals surface area contributed by atoms with Crippen LogP contribution in [0, 0.1) is 5.92 Å². The quantitative estimate of drug-likeness (QED) is 0.0531. The van der Waals surface area contributed by atoms with E-state index in [1.54, 1.807) is 24.3 Å². The molecule has 0 saturated heterocycles. The Morgan fingerprint density at radius 3 is 1.02 bits per heavy atom. The zero-order valence-electron chi connectivity index (χ0n) is 31.9. The number of rotatable bonds is 35. The predicted molar refractivity (Wildman–Crippen MR) is 212 cm³/mol. The maximum Gasteiger partial charge on any atom is 0.587 e. The number of unbranched alkanes of at least 4 members (excludes halogenated alkanes) is 24. The minimum atomic E-state index is -3.86. The Morgan fingerprint density at radius 2 is 0.714 bits per heavy atom. The normalized spacial score (nSPS) is 12.3. The molecule has 0 N–H and O–H groups in total. The second-order valence-electron chi connectivity index (χ2n) is 14.5. The topological polar surface area (TPSA) is 44.8 Å². The average molecular weight is 699 g/mol. The van der Waals surface area contributed by atoms with Crippen molar-refractivity contribution >= 4 is 7.82 Å². The third-order valence-corrected chi connectivity index (χ3v) is 11.2. The van der Waals surface area contributed by atoms with Crippen LogP contribution in [0.4, 0.5) is 0 Å². The Hall–Kier alpha value is -1.77. The number of phosphoric ester groups is 1. The van der Waals surface area contributed by atoms with Crippen molar-refractivity contribution in [3.8, 4) is 11.5 Å². The highest BCUT2D eigenvalue weighted by atomic mass is 31.2. The summed E-state index contributed by atoms with van der Waals surface area (Å²) in [6.45, 7) is 4.97. The van der Waals surface area contributed by atoms with Gasteiger partial charge in [0.25, 0.3) is 0 Å². The molecule has 0 heterocycles. The van der Waals surface area contributed by atoms with Crippen molar-refractivity contribution in [3.05, 3.63) is 60.7 Å². The molecule has 0 aliphatic rings. The van der Waals surface area contributed by atoms with Crippen molar-refractivity contribution in [1.29, 1.82) is 0 Å². The summed E-state index contributed by atoms with van der Waals surface area (Å²) in [4.78, 5) is 0. The van der Waals surface area contributed by atoms with Crippen LogP contribution in [0.3, 0.4) is 0 Å². The van der Waals surface area contributed by atoms with Gasteiger partial charge in [0.2, 0.25) is 0 Å². The molecule has 0 saturated carbocycles. The van der Waals surface area contributed by atoms with Gasteiger partial charge in [-0.25, -0.2) is 4.57 Å². The molecular weight excluding hydrogens is 623 g/mol. The second kappa shape index (κ2) is 31.0. The molecule has 0 spiro atoms. The molecule has 4 nitrogen and oxygen atoms in total. The summed E-state index contributed by atoms with van der Waals surface area (Å²) in [6, 6.07) is 18.5. The molecule has 1 atom stereocenters. The van der Waals surface area contributed by atoms with Crippen LogP contribution in [0.2, 0.25) is 0 Å². The highest BCUT2D eigenvalue weighted by molar-refractivity contribution is 7.49. The first-order chi connectivity index (χ1) is 24.1. The summed E-state index contributed by atoms with van der Waals surface area (Å²) in [7, 11) is -3.86. The van der Waals surface area contributed by atoms with Crippen LogP contribution in [-0.4, -0.2) is 6.61 Å². The van der Waals surface area contributed by atoms with Gasteiger partial charge in [-0.15, -0.1) is 0 Å². The highest BCUT2D eigenvalue weighted by Gasteiger charge is 2.32. The number of hydrogen-bond acceptors (Lipinski definition) is 4. The highest BCUT2D eigenvalue weighted by Crippen LogP contribution is 2.50. The fourth-order valence-electron chi connectivity index (χ4n) is 6.70. The molecule has 2 aromatic rings. The summed E-state index contributed by atoms with van der Waals surface area (Å²) in [6.07, 6.45) is 37.6. The van der Waals surface area contributed by atoms with Crippen molar-refractivity contribution in [1.82, 2.24) is 0 Å². The third kappa shape index (κ3) is 24.9. The molecule has 2 aromatic carbocycles. The zero-order chi connectivity index (χ0) is 34.9. The summed E-state index contributed by atoms with van der Waals surface area (Å²) < 4.78 is 31.9. The monoisotopic (exact) mass is 699 g/mol. The molecular formula is C44H75O4P. The summed E-state index contributed by atoms with van der Waals surface area (Å²) in [5, 5.41) is 0. The molecule has 5 heteroatoms. The van der Waals surface area contributed by atoms with Gasteiger partial charge >= 0.3 is 7.82 Å². The van der Waals surface area contributed by atoms with Crippen LogP contribution in [0.5, 0.6) is 11.5 Å². The molecule has 280 valence electrons. The van der Waals surface area contributed by atoms with E-state index >= 15 is 0 Å². The molecule has 0 radical (unpaired) electrons. The van der Waals surface area contributed by atoms with E-state index in [1.165, 1.54) is 167 Å². The van der Waals surface area contributed by atoms with E-state index in [4.69, 9.17) is 13.6 Å². The van der Waals surface area contributed by atoms with Crippen LogP contribution < -0.4 is 9.05 Å². The first-order valence-corrected chi connectivity index (χ1v) is 22.3. The minimum Gasteiger partial charge on any atom is -0.395 e. The summed E-state index contributed by atoms with van der Waals surface area (Å²) >= 11 is 0. The van der Waals surface area contributed by atoms with E-state index in [0.717, 1.165) is 12.8 Å². The van der Waals surface area contributed by atoms with Crippen LogP contribution >= 0.6 is 7.82 Å². The minimum absolute atomic E-state index is 0.354. The average Bonchev–Trinajstić information content (AvgIpc) is 3.11. The van der Waals surface area contributed by atoms with Crippen molar-refractivity contribution in [2.75, 3.05) is 6.61 Å². The Labute approximate surface area is 303 Å². The van der Waals surface area contributed by atoms with E-state index in [0.29, 0.717) is 24.0 Å². The predicted octanol–water partition coefficient (Wildman–Crippen LogP) is 15.8. The van der Waals surface area contributed by atoms with E-state index < -0.39 is 7.82 Å². The SMILES string of the molecule is CCCCCCCCCCCCCCCCC(CCCCCCCCCCCCCC)COP(=O)(Oc1ccccc1)Oc1ccccc1. The Kier molecular flexibility index (Phi) is 27.5. The largest absolute Gasteiger partial charge is 0.587 e. The summed E-state index contributed by atoms with van der Waals surface area (Å²) in [5.74, 6) is 1.34. The summed E-state index contributed by atoms with van der Waals surface area (Å²) in [5.41, 5.74) is 0. The van der Waals surface area contributed by atoms with Crippen molar-refractivity contribution in [2.24, 2.45) is 5.92 Å². The molecule has 0 amide bonds. The van der Waals surface area contributed by atoms with Gasteiger partial charge in [0.05, 0.1) is 6.61 Å². The molecule has 0 aliphatic heterocycles. The first kappa shape index (κ1) is 43.4. The van der Waals surface area contributed by atoms with Gasteiger partial charge in [-0.2, -0.15) is 0 Å². The lowest BCUT2D eigenvalue weighted by Crippen LogP contribution is -2.13. The lowest BCUT2D eigenvalue weighted by Gasteiger charge is -2.22. The maximum absolute atomic E-state index is 14.0. The van der Waals surface area contributed by atoms with Crippen LogP contribution in [0.25, 0.3) is 0 Å². The van der Waals surface area contributed by atoms with Crippen molar-refractivity contribution in [3.63, 3.8) is 0 Å². The fraction of sp³-hybridized carbons (Fsp3) is 0.727. The van der Waals surface area contributed by atoms with Crippen LogP contribution in [0.1, 0.15) is 194 Å². The van der Waals surface area contributed by atoms with E-state index in [9.17, 15) is 4.57 Å². The van der Waals surface area contributed by atoms with Gasteiger partial charge in [-0.05, 0) is 43.0 Å². The van der Waals surface area contributed by atoms with Crippen LogP contribution in [0.15, 0.2) is 60.7 Å². The first-order valence-electron chi connectivity index (χ1n) is 20.9.